The number of nitrogens with zero attached hydrogens (tertiary/aromatic N) is 4. The third-order valence-corrected chi connectivity index (χ3v) is 5.02. The van der Waals surface area contributed by atoms with Gasteiger partial charge in [0.05, 0.1) is 0 Å². The minimum atomic E-state index is -0.464. The third-order valence-electron chi connectivity index (χ3n) is 3.88. The Morgan fingerprint density at radius 1 is 1.44 bits per heavy atom. The van der Waals surface area contributed by atoms with E-state index in [-0.39, 0.29) is 11.5 Å². The Hall–Kier alpha value is -2.46. The molecule has 0 bridgehead atoms. The van der Waals surface area contributed by atoms with Crippen molar-refractivity contribution in [1.29, 1.82) is 5.26 Å². The number of rotatable bonds is 6. The number of anilines is 1. The highest BCUT2D eigenvalue weighted by Crippen LogP contribution is 2.23. The van der Waals surface area contributed by atoms with Gasteiger partial charge in [0, 0.05) is 23.9 Å². The number of hydrogen-bond acceptors (Lipinski definition) is 5. The molecule has 0 saturated heterocycles. The second kappa shape index (κ2) is 8.08. The second-order valence-corrected chi connectivity index (χ2v) is 7.21. The van der Waals surface area contributed by atoms with Crippen LogP contribution in [0.25, 0.3) is 6.08 Å². The van der Waals surface area contributed by atoms with E-state index in [1.165, 1.54) is 11.3 Å². The molecule has 0 spiro atoms. The van der Waals surface area contributed by atoms with E-state index >= 15 is 0 Å². The van der Waals surface area contributed by atoms with Crippen molar-refractivity contribution >= 4 is 28.5 Å². The van der Waals surface area contributed by atoms with Crippen LogP contribution in [0.5, 0.6) is 0 Å². The van der Waals surface area contributed by atoms with Crippen LogP contribution in [0.3, 0.4) is 0 Å². The first-order valence-corrected chi connectivity index (χ1v) is 9.12. The van der Waals surface area contributed by atoms with Gasteiger partial charge in [0.25, 0.3) is 5.91 Å². The maximum Gasteiger partial charge on any atom is 0.268 e. The van der Waals surface area contributed by atoms with E-state index < -0.39 is 5.91 Å². The first-order valence-electron chi connectivity index (χ1n) is 8.30. The molecule has 1 amide bonds. The molecule has 2 rings (SSSR count). The Balaban J connectivity index is 2.23. The Morgan fingerprint density at radius 3 is 2.72 bits per heavy atom. The molecule has 0 unspecified atom stereocenters. The number of nitriles is 1. The van der Waals surface area contributed by atoms with Crippen molar-refractivity contribution in [3.8, 4) is 6.07 Å². The summed E-state index contributed by atoms with van der Waals surface area (Å²) >= 11 is 1.32. The fraction of sp³-hybridized carbons (Fsp3) is 0.444. The summed E-state index contributed by atoms with van der Waals surface area (Å²) in [5, 5.41) is 21.3. The van der Waals surface area contributed by atoms with Crippen molar-refractivity contribution in [2.45, 2.75) is 53.5 Å². The summed E-state index contributed by atoms with van der Waals surface area (Å²) < 4.78 is 2.19. The van der Waals surface area contributed by atoms with Crippen LogP contribution < -0.4 is 5.32 Å². The van der Waals surface area contributed by atoms with Gasteiger partial charge < -0.3 is 4.57 Å². The Labute approximate surface area is 152 Å². The molecule has 7 heteroatoms. The molecule has 2 heterocycles. The third kappa shape index (κ3) is 4.34. The van der Waals surface area contributed by atoms with Gasteiger partial charge in [-0.05, 0) is 38.0 Å². The molecule has 6 nitrogen and oxygen atoms in total. The topological polar surface area (TPSA) is 83.6 Å². The summed E-state index contributed by atoms with van der Waals surface area (Å²) in [4.78, 5) is 12.4. The van der Waals surface area contributed by atoms with E-state index in [0.717, 1.165) is 34.9 Å². The number of aryl methyl sites for hydroxylation is 1. The predicted octanol–water partition coefficient (Wildman–Crippen LogP) is 4.04. The van der Waals surface area contributed by atoms with E-state index in [1.54, 1.807) is 6.08 Å². The molecular formula is C18H23N5OS. The van der Waals surface area contributed by atoms with E-state index in [1.807, 2.05) is 39.8 Å². The van der Waals surface area contributed by atoms with Gasteiger partial charge >= 0.3 is 0 Å². The molecule has 2 aromatic heterocycles. The largest absolute Gasteiger partial charge is 0.349 e. The number of amides is 1. The van der Waals surface area contributed by atoms with E-state index in [2.05, 4.69) is 27.0 Å². The van der Waals surface area contributed by atoms with E-state index in [9.17, 15) is 10.1 Å². The van der Waals surface area contributed by atoms with Crippen LogP contribution in [0, 0.1) is 25.2 Å². The van der Waals surface area contributed by atoms with E-state index in [4.69, 9.17) is 0 Å². The van der Waals surface area contributed by atoms with Crippen LogP contribution in [0.4, 0.5) is 5.13 Å². The molecule has 1 N–H and O–H groups in total. The normalized spacial score (nSPS) is 11.6. The molecule has 0 fully saturated rings. The van der Waals surface area contributed by atoms with Crippen molar-refractivity contribution in [2.24, 2.45) is 0 Å². The lowest BCUT2D eigenvalue weighted by molar-refractivity contribution is -0.112. The number of carbonyl (C=O) groups is 1. The highest BCUT2D eigenvalue weighted by Gasteiger charge is 2.15. The summed E-state index contributed by atoms with van der Waals surface area (Å²) in [5.41, 5.74) is 3.11. The molecule has 0 aliphatic carbocycles. The molecule has 0 radical (unpaired) electrons. The molecular weight excluding hydrogens is 334 g/mol. The quantitative estimate of drug-likeness (QED) is 0.625. The van der Waals surface area contributed by atoms with Crippen LogP contribution in [0.1, 0.15) is 55.1 Å². The fourth-order valence-electron chi connectivity index (χ4n) is 2.53. The number of aromatic nitrogens is 3. The zero-order valence-electron chi connectivity index (χ0n) is 15.3. The standard InChI is InChI=1S/C18H23N5OS/c1-6-7-23-12(4)8-14(13(23)5)9-15(10-19)16(24)20-18-22-21-17(25-18)11(2)3/h8-9,11H,6-7H2,1-5H3,(H,20,22,24). The van der Waals surface area contributed by atoms with Gasteiger partial charge in [-0.25, -0.2) is 0 Å². The fourth-order valence-corrected chi connectivity index (χ4v) is 3.27. The van der Waals surface area contributed by atoms with Crippen molar-refractivity contribution in [3.63, 3.8) is 0 Å². The first kappa shape index (κ1) is 18.9. The van der Waals surface area contributed by atoms with Gasteiger partial charge in [0.2, 0.25) is 5.13 Å². The van der Waals surface area contributed by atoms with Crippen molar-refractivity contribution in [1.82, 2.24) is 14.8 Å². The SMILES string of the molecule is CCCn1c(C)cc(C=C(C#N)C(=O)Nc2nnc(C(C)C)s2)c1C. The Kier molecular flexibility index (Phi) is 6.10. The number of carbonyl (C=O) groups excluding carboxylic acids is 1. The minimum absolute atomic E-state index is 0.0537. The van der Waals surface area contributed by atoms with Gasteiger partial charge in [-0.2, -0.15) is 5.26 Å². The summed E-state index contributed by atoms with van der Waals surface area (Å²) in [7, 11) is 0. The molecule has 132 valence electrons. The van der Waals surface area contributed by atoms with Crippen molar-refractivity contribution < 1.29 is 4.79 Å². The zero-order chi connectivity index (χ0) is 18.6. The second-order valence-electron chi connectivity index (χ2n) is 6.20. The van der Waals surface area contributed by atoms with Gasteiger partial charge in [0.1, 0.15) is 16.6 Å². The summed E-state index contributed by atoms with van der Waals surface area (Å²) in [6.45, 7) is 11.1. The maximum atomic E-state index is 12.4. The molecule has 25 heavy (non-hydrogen) atoms. The molecule has 0 aliphatic heterocycles. The predicted molar refractivity (Wildman–Crippen MR) is 100 cm³/mol. The van der Waals surface area contributed by atoms with Crippen molar-refractivity contribution in [2.75, 3.05) is 5.32 Å². The highest BCUT2D eigenvalue weighted by molar-refractivity contribution is 7.15. The molecule has 0 atom stereocenters. The van der Waals surface area contributed by atoms with Crippen LogP contribution in [-0.4, -0.2) is 20.7 Å². The minimum Gasteiger partial charge on any atom is -0.349 e. The van der Waals surface area contributed by atoms with Crippen LogP contribution in [0.15, 0.2) is 11.6 Å². The lowest BCUT2D eigenvalue weighted by Crippen LogP contribution is -2.13. The van der Waals surface area contributed by atoms with Gasteiger partial charge in [-0.15, -0.1) is 10.2 Å². The average Bonchev–Trinajstić information content (AvgIpc) is 3.13. The number of nitrogens with one attached hydrogen (secondary N) is 1. The lowest BCUT2D eigenvalue weighted by Gasteiger charge is -2.07. The van der Waals surface area contributed by atoms with Gasteiger partial charge in [0.15, 0.2) is 0 Å². The average molecular weight is 357 g/mol. The lowest BCUT2D eigenvalue weighted by atomic mass is 10.1. The smallest absolute Gasteiger partial charge is 0.268 e. The first-order chi connectivity index (χ1) is 11.9. The zero-order valence-corrected chi connectivity index (χ0v) is 16.1. The molecule has 0 aromatic carbocycles. The van der Waals surface area contributed by atoms with Crippen molar-refractivity contribution in [3.05, 3.63) is 33.6 Å². The molecule has 2 aromatic rings. The monoisotopic (exact) mass is 357 g/mol. The van der Waals surface area contributed by atoms with Gasteiger partial charge in [-0.3, -0.25) is 10.1 Å². The Bertz CT molecular complexity index is 838. The number of hydrogen-bond donors (Lipinski definition) is 1. The highest BCUT2D eigenvalue weighted by atomic mass is 32.1. The maximum absolute atomic E-state index is 12.4. The molecule has 0 saturated carbocycles. The van der Waals surface area contributed by atoms with Crippen LogP contribution in [0.2, 0.25) is 0 Å². The molecule has 0 aliphatic rings. The van der Waals surface area contributed by atoms with E-state index in [0.29, 0.717) is 5.13 Å². The Morgan fingerprint density at radius 2 is 2.16 bits per heavy atom. The summed E-state index contributed by atoms with van der Waals surface area (Å²) in [6.07, 6.45) is 2.66. The van der Waals surface area contributed by atoms with Gasteiger partial charge in [-0.1, -0.05) is 32.1 Å². The summed E-state index contributed by atoms with van der Waals surface area (Å²) in [5.74, 6) is -0.215. The van der Waals surface area contributed by atoms with Crippen LogP contribution in [-0.2, 0) is 11.3 Å². The summed E-state index contributed by atoms with van der Waals surface area (Å²) in [6, 6.07) is 3.98. The van der Waals surface area contributed by atoms with Crippen LogP contribution >= 0.6 is 11.3 Å².